The van der Waals surface area contributed by atoms with Crippen molar-refractivity contribution in [2.24, 2.45) is 0 Å². The van der Waals surface area contributed by atoms with Gasteiger partial charge in [-0.3, -0.25) is 4.79 Å². The zero-order valence-electron chi connectivity index (χ0n) is 16.2. The van der Waals surface area contributed by atoms with Gasteiger partial charge >= 0.3 is 0 Å². The highest BCUT2D eigenvalue weighted by Crippen LogP contribution is 2.33. The second-order valence-corrected chi connectivity index (χ2v) is 7.89. The molecule has 3 heterocycles. The van der Waals surface area contributed by atoms with Crippen LogP contribution in [0.5, 0.6) is 0 Å². The van der Waals surface area contributed by atoms with Crippen LogP contribution in [0.2, 0.25) is 0 Å². The number of amides is 1. The number of hydrogen-bond donors (Lipinski definition) is 1. The van der Waals surface area contributed by atoms with Gasteiger partial charge in [0.2, 0.25) is 0 Å². The van der Waals surface area contributed by atoms with Gasteiger partial charge in [0.05, 0.1) is 0 Å². The Morgan fingerprint density at radius 3 is 2.53 bits per heavy atom. The number of fused-ring (bicyclic) bond motifs is 1. The van der Waals surface area contributed by atoms with Crippen molar-refractivity contribution in [3.63, 3.8) is 0 Å². The maximum absolute atomic E-state index is 12.8. The summed E-state index contributed by atoms with van der Waals surface area (Å²) in [7, 11) is 0. The summed E-state index contributed by atoms with van der Waals surface area (Å²) >= 11 is 1.55. The molecule has 0 atom stereocenters. The van der Waals surface area contributed by atoms with E-state index < -0.39 is 0 Å². The number of nitrogens with zero attached hydrogens (tertiary/aromatic N) is 3. The van der Waals surface area contributed by atoms with Crippen LogP contribution in [0.4, 0.5) is 5.69 Å². The molecule has 0 saturated heterocycles. The minimum atomic E-state index is -0.139. The van der Waals surface area contributed by atoms with Crippen LogP contribution in [-0.4, -0.2) is 20.4 Å². The van der Waals surface area contributed by atoms with Crippen LogP contribution in [0, 0.1) is 6.92 Å². The fourth-order valence-corrected chi connectivity index (χ4v) is 4.36. The zero-order chi connectivity index (χ0) is 20.5. The molecule has 2 aromatic carbocycles. The molecule has 1 amide bonds. The minimum Gasteiger partial charge on any atom is -0.324 e. The van der Waals surface area contributed by atoms with Gasteiger partial charge in [-0.25, -0.2) is 9.97 Å². The third-order valence-corrected chi connectivity index (χ3v) is 6.02. The van der Waals surface area contributed by atoms with E-state index in [-0.39, 0.29) is 5.91 Å². The number of pyridine rings is 1. The van der Waals surface area contributed by atoms with Crippen molar-refractivity contribution in [1.82, 2.24) is 14.5 Å². The molecule has 1 N–H and O–H groups in total. The van der Waals surface area contributed by atoms with E-state index in [2.05, 4.69) is 10.3 Å². The van der Waals surface area contributed by atoms with Crippen LogP contribution in [0.3, 0.4) is 0 Å². The average molecular weight is 411 g/mol. The molecule has 5 rings (SSSR count). The van der Waals surface area contributed by atoms with Crippen molar-refractivity contribution in [3.8, 4) is 16.3 Å². The highest BCUT2D eigenvalue weighted by atomic mass is 32.1. The Hall–Kier alpha value is -3.77. The summed E-state index contributed by atoms with van der Waals surface area (Å²) in [6.07, 6.45) is 5.72. The van der Waals surface area contributed by atoms with Gasteiger partial charge in [0, 0.05) is 41.1 Å². The van der Waals surface area contributed by atoms with Crippen molar-refractivity contribution in [1.29, 1.82) is 0 Å². The molecule has 0 spiro atoms. The van der Waals surface area contributed by atoms with E-state index in [0.717, 1.165) is 37.9 Å². The first-order valence-corrected chi connectivity index (χ1v) is 10.4. The van der Waals surface area contributed by atoms with Gasteiger partial charge in [-0.1, -0.05) is 23.5 Å². The van der Waals surface area contributed by atoms with Crippen molar-refractivity contribution < 1.29 is 4.79 Å². The number of carbonyl (C=O) groups excluding carboxylic acids is 1. The normalized spacial score (nSPS) is 11.0. The highest BCUT2D eigenvalue weighted by molar-refractivity contribution is 7.21. The number of anilines is 1. The molecular weight excluding hydrogens is 392 g/mol. The number of nitrogens with one attached hydrogen (secondary N) is 1. The lowest BCUT2D eigenvalue weighted by atomic mass is 10.1. The monoisotopic (exact) mass is 410 g/mol. The van der Waals surface area contributed by atoms with E-state index in [1.54, 1.807) is 17.5 Å². The Kier molecular flexibility index (Phi) is 4.61. The molecule has 0 aliphatic rings. The average Bonchev–Trinajstić information content (AvgIpc) is 3.45. The molecule has 0 unspecified atom stereocenters. The molecule has 0 saturated carbocycles. The summed E-state index contributed by atoms with van der Waals surface area (Å²) < 4.78 is 2.00. The van der Waals surface area contributed by atoms with Crippen LogP contribution in [0.15, 0.2) is 85.3 Å². The summed E-state index contributed by atoms with van der Waals surface area (Å²) in [6.45, 7) is 2.00. The second kappa shape index (κ2) is 7.57. The summed E-state index contributed by atoms with van der Waals surface area (Å²) in [5.41, 5.74) is 5.26. The summed E-state index contributed by atoms with van der Waals surface area (Å²) in [5, 5.41) is 3.94. The predicted molar refractivity (Wildman–Crippen MR) is 121 cm³/mol. The van der Waals surface area contributed by atoms with E-state index in [1.807, 2.05) is 90.6 Å². The Balaban J connectivity index is 1.41. The first kappa shape index (κ1) is 18.3. The molecule has 30 heavy (non-hydrogen) atoms. The SMILES string of the molecule is Cc1c(NC(=O)c2ccc(-n3cccc3)cc2)cccc1-c1nc2cccnc2s1. The van der Waals surface area contributed by atoms with Crippen molar-refractivity contribution in [3.05, 3.63) is 96.4 Å². The molecule has 0 aliphatic carbocycles. The van der Waals surface area contributed by atoms with E-state index in [1.165, 1.54) is 0 Å². The van der Waals surface area contributed by atoms with Crippen LogP contribution < -0.4 is 5.32 Å². The fraction of sp³-hybridized carbons (Fsp3) is 0.0417. The summed E-state index contributed by atoms with van der Waals surface area (Å²) in [6, 6.07) is 21.2. The lowest BCUT2D eigenvalue weighted by molar-refractivity contribution is 0.102. The van der Waals surface area contributed by atoms with Gasteiger partial charge in [0.1, 0.15) is 15.4 Å². The Labute approximate surface area is 177 Å². The molecule has 146 valence electrons. The number of thiazole rings is 1. The lowest BCUT2D eigenvalue weighted by Gasteiger charge is -2.12. The third-order valence-electron chi connectivity index (χ3n) is 5.01. The molecule has 0 fully saturated rings. The van der Waals surface area contributed by atoms with Crippen LogP contribution >= 0.6 is 11.3 Å². The van der Waals surface area contributed by atoms with Gasteiger partial charge in [-0.2, -0.15) is 0 Å². The number of aromatic nitrogens is 3. The van der Waals surface area contributed by atoms with Gasteiger partial charge < -0.3 is 9.88 Å². The Morgan fingerprint density at radius 2 is 1.77 bits per heavy atom. The maximum Gasteiger partial charge on any atom is 0.255 e. The van der Waals surface area contributed by atoms with Crippen LogP contribution in [0.1, 0.15) is 15.9 Å². The zero-order valence-corrected chi connectivity index (χ0v) is 17.1. The molecular formula is C24H18N4OS. The van der Waals surface area contributed by atoms with Gasteiger partial charge in [0.15, 0.2) is 0 Å². The van der Waals surface area contributed by atoms with Gasteiger partial charge in [-0.05, 0) is 67.1 Å². The van der Waals surface area contributed by atoms with Crippen LogP contribution in [-0.2, 0) is 0 Å². The predicted octanol–water partition coefficient (Wildman–Crippen LogP) is 5.71. The van der Waals surface area contributed by atoms with E-state index in [9.17, 15) is 4.79 Å². The number of carbonyl (C=O) groups is 1. The first-order valence-electron chi connectivity index (χ1n) is 9.55. The molecule has 5 nitrogen and oxygen atoms in total. The smallest absolute Gasteiger partial charge is 0.255 e. The Morgan fingerprint density at radius 1 is 0.967 bits per heavy atom. The number of rotatable bonds is 4. The number of hydrogen-bond acceptors (Lipinski definition) is 4. The molecule has 5 aromatic rings. The highest BCUT2D eigenvalue weighted by Gasteiger charge is 2.14. The quantitative estimate of drug-likeness (QED) is 0.413. The maximum atomic E-state index is 12.8. The minimum absolute atomic E-state index is 0.139. The van der Waals surface area contributed by atoms with Gasteiger partial charge in [0.25, 0.3) is 5.91 Å². The molecule has 0 aliphatic heterocycles. The van der Waals surface area contributed by atoms with Crippen molar-refractivity contribution in [2.45, 2.75) is 6.92 Å². The van der Waals surface area contributed by atoms with Crippen molar-refractivity contribution >= 4 is 33.3 Å². The van der Waals surface area contributed by atoms with E-state index in [4.69, 9.17) is 4.98 Å². The summed E-state index contributed by atoms with van der Waals surface area (Å²) in [4.78, 5) is 22.8. The molecule has 0 radical (unpaired) electrons. The molecule has 6 heteroatoms. The van der Waals surface area contributed by atoms with E-state index in [0.29, 0.717) is 5.56 Å². The van der Waals surface area contributed by atoms with Crippen molar-refractivity contribution in [2.75, 3.05) is 5.32 Å². The molecule has 0 bridgehead atoms. The largest absolute Gasteiger partial charge is 0.324 e. The first-order chi connectivity index (χ1) is 14.7. The summed E-state index contributed by atoms with van der Waals surface area (Å²) in [5.74, 6) is -0.139. The van der Waals surface area contributed by atoms with Gasteiger partial charge in [-0.15, -0.1) is 0 Å². The van der Waals surface area contributed by atoms with Crippen LogP contribution in [0.25, 0.3) is 26.6 Å². The number of benzene rings is 2. The standard InChI is InChI=1S/C24H18N4OS/c1-16-19(23-27-21-8-5-13-25-24(21)30-23)6-4-7-20(16)26-22(29)17-9-11-18(12-10-17)28-14-2-3-15-28/h2-15H,1H3,(H,26,29). The van der Waals surface area contributed by atoms with E-state index >= 15 is 0 Å². The third kappa shape index (κ3) is 3.38. The Bertz CT molecular complexity index is 1300. The second-order valence-electron chi connectivity index (χ2n) is 6.92. The lowest BCUT2D eigenvalue weighted by Crippen LogP contribution is -2.13. The topological polar surface area (TPSA) is 59.8 Å². The molecule has 3 aromatic heterocycles. The fourth-order valence-electron chi connectivity index (χ4n) is 3.37.